The monoisotopic (exact) mass is 375 g/mol. The highest BCUT2D eigenvalue weighted by atomic mass is 35.5. The van der Waals surface area contributed by atoms with Crippen LogP contribution in [-0.2, 0) is 0 Å². The topological polar surface area (TPSA) is 111 Å². The number of nitrogens with one attached hydrogen (secondary N) is 2. The van der Waals surface area contributed by atoms with Gasteiger partial charge in [-0.25, -0.2) is 4.98 Å². The Bertz CT molecular complexity index is 858. The first-order valence-electron chi connectivity index (χ1n) is 8.09. The van der Waals surface area contributed by atoms with Crippen molar-refractivity contribution in [2.75, 3.05) is 18.4 Å². The number of anilines is 1. The summed E-state index contributed by atoms with van der Waals surface area (Å²) in [5, 5.41) is 14.3. The summed E-state index contributed by atoms with van der Waals surface area (Å²) < 4.78 is 7.08. The van der Waals surface area contributed by atoms with Crippen LogP contribution in [0.4, 0.5) is 5.69 Å². The minimum Gasteiger partial charge on any atom is -0.354 e. The van der Waals surface area contributed by atoms with Crippen molar-refractivity contribution < 1.29 is 9.32 Å². The van der Waals surface area contributed by atoms with Gasteiger partial charge in [0.25, 0.3) is 5.91 Å². The van der Waals surface area contributed by atoms with E-state index in [0.717, 1.165) is 25.9 Å². The van der Waals surface area contributed by atoms with Crippen LogP contribution in [0.5, 0.6) is 0 Å². The molecular weight excluding hydrogens is 358 g/mol. The van der Waals surface area contributed by atoms with Crippen molar-refractivity contribution >= 4 is 24.0 Å². The Hall–Kier alpha value is -2.78. The Balaban J connectivity index is 0.00000196. The van der Waals surface area contributed by atoms with Crippen molar-refractivity contribution in [1.29, 1.82) is 0 Å². The fourth-order valence-electron chi connectivity index (χ4n) is 2.80. The molecule has 1 fully saturated rings. The summed E-state index contributed by atoms with van der Waals surface area (Å²) in [6.45, 7) is 1.96. The fraction of sp³-hybridized carbons (Fsp3) is 0.312. The van der Waals surface area contributed by atoms with E-state index in [1.54, 1.807) is 24.8 Å². The van der Waals surface area contributed by atoms with Gasteiger partial charge in [-0.2, -0.15) is 5.10 Å². The smallest absolute Gasteiger partial charge is 0.277 e. The largest absolute Gasteiger partial charge is 0.354 e. The SMILES string of the molecule is Cl.O=C(Nc1cnn(C2CCNCC2)c1)c1cc(-c2cnccn2)on1. The molecule has 0 radical (unpaired) electrons. The molecule has 10 heteroatoms. The second-order valence-corrected chi connectivity index (χ2v) is 5.81. The number of nitrogens with zero attached hydrogens (tertiary/aromatic N) is 5. The van der Waals surface area contributed by atoms with E-state index < -0.39 is 0 Å². The number of hydrogen-bond donors (Lipinski definition) is 2. The zero-order chi connectivity index (χ0) is 17.1. The number of rotatable bonds is 4. The van der Waals surface area contributed by atoms with Gasteiger partial charge < -0.3 is 15.2 Å². The van der Waals surface area contributed by atoms with Crippen LogP contribution in [0.25, 0.3) is 11.5 Å². The van der Waals surface area contributed by atoms with Gasteiger partial charge in [0.2, 0.25) is 0 Å². The van der Waals surface area contributed by atoms with Gasteiger partial charge in [0.1, 0.15) is 5.69 Å². The van der Waals surface area contributed by atoms with Crippen LogP contribution < -0.4 is 10.6 Å². The van der Waals surface area contributed by atoms with Gasteiger partial charge in [0, 0.05) is 24.7 Å². The lowest BCUT2D eigenvalue weighted by Crippen LogP contribution is -2.29. The lowest BCUT2D eigenvalue weighted by atomic mass is 10.1. The van der Waals surface area contributed by atoms with Crippen molar-refractivity contribution in [2.24, 2.45) is 0 Å². The zero-order valence-corrected chi connectivity index (χ0v) is 14.6. The average molecular weight is 376 g/mol. The average Bonchev–Trinajstić information content (AvgIpc) is 3.33. The fourth-order valence-corrected chi connectivity index (χ4v) is 2.80. The summed E-state index contributed by atoms with van der Waals surface area (Å²) in [5.74, 6) is 0.0346. The standard InChI is InChI=1S/C16H17N7O2.ClH/c24-16(13-7-15(25-22-13)14-9-18-5-6-19-14)21-11-8-20-23(10-11)12-1-3-17-4-2-12;/h5-10,12,17H,1-4H2,(H,21,24);1H. The maximum absolute atomic E-state index is 12.3. The van der Waals surface area contributed by atoms with Crippen LogP contribution in [0.3, 0.4) is 0 Å². The third-order valence-corrected chi connectivity index (χ3v) is 4.10. The van der Waals surface area contributed by atoms with Crippen LogP contribution in [0.2, 0.25) is 0 Å². The molecule has 0 spiro atoms. The highest BCUT2D eigenvalue weighted by molar-refractivity contribution is 6.03. The Morgan fingerprint density at radius 1 is 1.27 bits per heavy atom. The number of aromatic nitrogens is 5. The molecule has 3 aromatic rings. The van der Waals surface area contributed by atoms with Gasteiger partial charge in [0.15, 0.2) is 11.5 Å². The van der Waals surface area contributed by atoms with Crippen molar-refractivity contribution in [3.8, 4) is 11.5 Å². The van der Waals surface area contributed by atoms with Gasteiger partial charge in [-0.1, -0.05) is 5.16 Å². The first kappa shape index (κ1) is 18.0. The second-order valence-electron chi connectivity index (χ2n) is 5.81. The summed E-state index contributed by atoms with van der Waals surface area (Å²) >= 11 is 0. The third kappa shape index (κ3) is 3.89. The minimum absolute atomic E-state index is 0. The molecule has 9 nitrogen and oxygen atoms in total. The molecule has 0 unspecified atom stereocenters. The Morgan fingerprint density at radius 3 is 2.88 bits per heavy atom. The van der Waals surface area contributed by atoms with Crippen LogP contribution >= 0.6 is 12.4 Å². The molecule has 0 bridgehead atoms. The molecule has 0 atom stereocenters. The van der Waals surface area contributed by atoms with Gasteiger partial charge >= 0.3 is 0 Å². The summed E-state index contributed by atoms with van der Waals surface area (Å²) in [4.78, 5) is 20.4. The molecule has 4 heterocycles. The van der Waals surface area contributed by atoms with Crippen molar-refractivity contribution in [2.45, 2.75) is 18.9 Å². The first-order valence-corrected chi connectivity index (χ1v) is 8.09. The summed E-state index contributed by atoms with van der Waals surface area (Å²) in [7, 11) is 0. The Morgan fingerprint density at radius 2 is 2.12 bits per heavy atom. The normalized spacial score (nSPS) is 14.6. The van der Waals surface area contributed by atoms with E-state index >= 15 is 0 Å². The van der Waals surface area contributed by atoms with E-state index in [1.165, 1.54) is 6.07 Å². The molecule has 0 aromatic carbocycles. The van der Waals surface area contributed by atoms with Crippen LogP contribution in [-0.4, -0.2) is 43.9 Å². The minimum atomic E-state index is -0.358. The lowest BCUT2D eigenvalue weighted by molar-refractivity contribution is 0.101. The Kier molecular flexibility index (Phi) is 5.59. The Labute approximate surface area is 155 Å². The molecule has 3 aromatic heterocycles. The number of amides is 1. The quantitative estimate of drug-likeness (QED) is 0.716. The highest BCUT2D eigenvalue weighted by Gasteiger charge is 2.18. The molecule has 2 N–H and O–H groups in total. The lowest BCUT2D eigenvalue weighted by Gasteiger charge is -2.22. The van der Waals surface area contributed by atoms with Crippen LogP contribution in [0, 0.1) is 0 Å². The van der Waals surface area contributed by atoms with E-state index in [9.17, 15) is 4.79 Å². The number of piperidine rings is 1. The predicted molar refractivity (Wildman–Crippen MR) is 96.1 cm³/mol. The highest BCUT2D eigenvalue weighted by Crippen LogP contribution is 2.20. The van der Waals surface area contributed by atoms with Crippen molar-refractivity contribution in [3.05, 3.63) is 42.7 Å². The molecule has 0 saturated carbocycles. The molecule has 1 aliphatic rings. The van der Waals surface area contributed by atoms with E-state index in [2.05, 4.69) is 30.9 Å². The molecule has 4 rings (SSSR count). The zero-order valence-electron chi connectivity index (χ0n) is 13.8. The van der Waals surface area contributed by atoms with Gasteiger partial charge in [0.05, 0.1) is 24.1 Å². The van der Waals surface area contributed by atoms with Gasteiger partial charge in [-0.15, -0.1) is 12.4 Å². The number of hydrogen-bond acceptors (Lipinski definition) is 7. The summed E-state index contributed by atoms with van der Waals surface area (Å²) in [6, 6.07) is 1.90. The molecule has 1 aliphatic heterocycles. The first-order chi connectivity index (χ1) is 12.3. The molecule has 1 saturated heterocycles. The van der Waals surface area contributed by atoms with Gasteiger partial charge in [-0.3, -0.25) is 14.5 Å². The molecule has 1 amide bonds. The van der Waals surface area contributed by atoms with E-state index in [0.29, 0.717) is 23.2 Å². The summed E-state index contributed by atoms with van der Waals surface area (Å²) in [6.07, 6.45) is 10.2. The predicted octanol–water partition coefficient (Wildman–Crippen LogP) is 1.93. The molecule has 136 valence electrons. The molecule has 26 heavy (non-hydrogen) atoms. The number of carbonyl (C=O) groups is 1. The van der Waals surface area contributed by atoms with E-state index in [4.69, 9.17) is 4.52 Å². The van der Waals surface area contributed by atoms with Crippen LogP contribution in [0.15, 0.2) is 41.6 Å². The van der Waals surface area contributed by atoms with E-state index in [1.807, 2.05) is 10.9 Å². The third-order valence-electron chi connectivity index (χ3n) is 4.10. The van der Waals surface area contributed by atoms with Crippen LogP contribution in [0.1, 0.15) is 29.4 Å². The summed E-state index contributed by atoms with van der Waals surface area (Å²) in [5.41, 5.74) is 1.33. The van der Waals surface area contributed by atoms with Crippen molar-refractivity contribution in [1.82, 2.24) is 30.2 Å². The number of carbonyl (C=O) groups excluding carboxylic acids is 1. The maximum atomic E-state index is 12.3. The second kappa shape index (κ2) is 8.07. The molecular formula is C16H18ClN7O2. The maximum Gasteiger partial charge on any atom is 0.277 e. The van der Waals surface area contributed by atoms with Gasteiger partial charge in [-0.05, 0) is 25.9 Å². The number of halogens is 1. The molecule has 0 aliphatic carbocycles. The van der Waals surface area contributed by atoms with E-state index in [-0.39, 0.29) is 24.0 Å². The van der Waals surface area contributed by atoms with Crippen molar-refractivity contribution in [3.63, 3.8) is 0 Å².